The maximum Gasteiger partial charge on any atom is 0.270 e. The fourth-order valence-electron chi connectivity index (χ4n) is 2.73. The Morgan fingerprint density at radius 1 is 1.26 bits per heavy atom. The third kappa shape index (κ3) is 3.43. The monoisotopic (exact) mass is 313 g/mol. The molecule has 1 unspecified atom stereocenters. The molecule has 1 amide bonds. The Bertz CT molecular complexity index is 739. The van der Waals surface area contributed by atoms with Crippen molar-refractivity contribution in [1.29, 1.82) is 0 Å². The first-order valence-electron chi connectivity index (χ1n) is 7.53. The quantitative estimate of drug-likeness (QED) is 0.892. The molecule has 1 aromatic heterocycles. The van der Waals surface area contributed by atoms with Crippen LogP contribution < -0.4 is 15.5 Å². The summed E-state index contributed by atoms with van der Waals surface area (Å²) in [6.07, 6.45) is 1.50. The van der Waals surface area contributed by atoms with Gasteiger partial charge in [0.25, 0.3) is 5.91 Å². The molecular formula is C17H19N3O3. The van der Waals surface area contributed by atoms with Crippen molar-refractivity contribution in [3.05, 3.63) is 64.1 Å². The molecule has 120 valence electrons. The Hall–Kier alpha value is -2.60. The molecule has 0 spiro atoms. The van der Waals surface area contributed by atoms with Crippen LogP contribution in [0, 0.1) is 0 Å². The molecule has 1 fully saturated rings. The number of methoxy groups -OCH3 is 1. The highest BCUT2D eigenvalue weighted by Crippen LogP contribution is 2.21. The number of carbonyl (C=O) groups is 1. The number of H-pyrrole nitrogens is 1. The number of hydrogen-bond donors (Lipinski definition) is 2. The lowest BCUT2D eigenvalue weighted by molar-refractivity contribution is 0.0697. The average Bonchev–Trinajstić information content (AvgIpc) is 2.61. The van der Waals surface area contributed by atoms with Crippen molar-refractivity contribution in [2.45, 2.75) is 6.04 Å². The van der Waals surface area contributed by atoms with Gasteiger partial charge in [0.05, 0.1) is 7.11 Å². The van der Waals surface area contributed by atoms with E-state index in [-0.39, 0.29) is 17.4 Å². The summed E-state index contributed by atoms with van der Waals surface area (Å²) in [7, 11) is 1.63. The van der Waals surface area contributed by atoms with E-state index >= 15 is 0 Å². The van der Waals surface area contributed by atoms with Crippen LogP contribution in [0.4, 0.5) is 0 Å². The van der Waals surface area contributed by atoms with Gasteiger partial charge in [0.2, 0.25) is 0 Å². The SMILES string of the molecule is COc1ccc(C2CN(C(=O)c3cc(=O)cc[nH]3)CCN2)cc1. The largest absolute Gasteiger partial charge is 0.497 e. The van der Waals surface area contributed by atoms with E-state index in [2.05, 4.69) is 10.3 Å². The van der Waals surface area contributed by atoms with Crippen molar-refractivity contribution >= 4 is 5.91 Å². The second-order valence-electron chi connectivity index (χ2n) is 5.47. The minimum absolute atomic E-state index is 0.0639. The highest BCUT2D eigenvalue weighted by Gasteiger charge is 2.25. The molecule has 23 heavy (non-hydrogen) atoms. The Labute approximate surface area is 134 Å². The summed E-state index contributed by atoms with van der Waals surface area (Å²) in [6.45, 7) is 1.88. The number of aromatic amines is 1. The topological polar surface area (TPSA) is 74.4 Å². The summed E-state index contributed by atoms with van der Waals surface area (Å²) < 4.78 is 5.17. The minimum atomic E-state index is -0.172. The molecule has 6 nitrogen and oxygen atoms in total. The first-order valence-corrected chi connectivity index (χ1v) is 7.53. The van der Waals surface area contributed by atoms with E-state index in [0.29, 0.717) is 25.3 Å². The van der Waals surface area contributed by atoms with Gasteiger partial charge in [-0.25, -0.2) is 0 Å². The summed E-state index contributed by atoms with van der Waals surface area (Å²) in [5, 5.41) is 3.41. The Kier molecular flexibility index (Phi) is 4.43. The summed E-state index contributed by atoms with van der Waals surface area (Å²) in [5.74, 6) is 0.655. The molecule has 2 aromatic rings. The highest BCUT2D eigenvalue weighted by molar-refractivity contribution is 5.92. The first kappa shape index (κ1) is 15.3. The molecule has 0 aliphatic carbocycles. The van der Waals surface area contributed by atoms with E-state index in [1.54, 1.807) is 12.0 Å². The molecule has 1 aliphatic rings. The number of pyridine rings is 1. The number of benzene rings is 1. The third-order valence-corrected chi connectivity index (χ3v) is 3.98. The summed E-state index contributed by atoms with van der Waals surface area (Å²) >= 11 is 0. The van der Waals surface area contributed by atoms with Crippen molar-refractivity contribution in [3.63, 3.8) is 0 Å². The molecule has 6 heteroatoms. The fraction of sp³-hybridized carbons (Fsp3) is 0.294. The number of rotatable bonds is 3. The Morgan fingerprint density at radius 2 is 2.04 bits per heavy atom. The zero-order valence-corrected chi connectivity index (χ0v) is 12.9. The van der Waals surface area contributed by atoms with Gasteiger partial charge < -0.3 is 19.9 Å². The van der Waals surface area contributed by atoms with Crippen LogP contribution in [0.3, 0.4) is 0 Å². The van der Waals surface area contributed by atoms with E-state index in [1.807, 2.05) is 24.3 Å². The van der Waals surface area contributed by atoms with Crippen LogP contribution in [0.25, 0.3) is 0 Å². The average molecular weight is 313 g/mol. The lowest BCUT2D eigenvalue weighted by Gasteiger charge is -2.34. The van der Waals surface area contributed by atoms with Crippen LogP contribution in [0.1, 0.15) is 22.1 Å². The Morgan fingerprint density at radius 3 is 2.74 bits per heavy atom. The number of carbonyl (C=O) groups excluding carboxylic acids is 1. The number of nitrogens with one attached hydrogen (secondary N) is 2. The lowest BCUT2D eigenvalue weighted by atomic mass is 10.0. The fourth-order valence-corrected chi connectivity index (χ4v) is 2.73. The van der Waals surface area contributed by atoms with Gasteiger partial charge in [-0.05, 0) is 17.7 Å². The molecular weight excluding hydrogens is 294 g/mol. The van der Waals surface area contributed by atoms with Gasteiger partial charge in [-0.15, -0.1) is 0 Å². The van der Waals surface area contributed by atoms with Gasteiger partial charge in [-0.3, -0.25) is 9.59 Å². The molecule has 2 N–H and O–H groups in total. The molecule has 1 saturated heterocycles. The van der Waals surface area contributed by atoms with Crippen molar-refractivity contribution in [3.8, 4) is 5.75 Å². The van der Waals surface area contributed by atoms with Gasteiger partial charge in [0, 0.05) is 44.0 Å². The van der Waals surface area contributed by atoms with Crippen molar-refractivity contribution in [2.24, 2.45) is 0 Å². The molecule has 0 radical (unpaired) electrons. The van der Waals surface area contributed by atoms with E-state index in [9.17, 15) is 9.59 Å². The van der Waals surface area contributed by atoms with Gasteiger partial charge in [0.15, 0.2) is 5.43 Å². The second-order valence-corrected chi connectivity index (χ2v) is 5.47. The van der Waals surface area contributed by atoms with Crippen LogP contribution in [0.5, 0.6) is 5.75 Å². The van der Waals surface area contributed by atoms with Gasteiger partial charge in [0.1, 0.15) is 11.4 Å². The minimum Gasteiger partial charge on any atom is -0.497 e. The summed E-state index contributed by atoms with van der Waals surface area (Å²) in [4.78, 5) is 28.6. The van der Waals surface area contributed by atoms with Crippen LogP contribution >= 0.6 is 0 Å². The van der Waals surface area contributed by atoms with Crippen LogP contribution in [0.2, 0.25) is 0 Å². The molecule has 3 rings (SSSR count). The molecule has 1 aromatic carbocycles. The van der Waals surface area contributed by atoms with E-state index < -0.39 is 0 Å². The van der Waals surface area contributed by atoms with E-state index in [0.717, 1.165) is 11.3 Å². The predicted molar refractivity (Wildman–Crippen MR) is 86.7 cm³/mol. The maximum absolute atomic E-state index is 12.5. The van der Waals surface area contributed by atoms with Gasteiger partial charge in [-0.1, -0.05) is 12.1 Å². The number of amides is 1. The number of aromatic nitrogens is 1. The summed E-state index contributed by atoms with van der Waals surface area (Å²) in [5.41, 5.74) is 1.26. The predicted octanol–water partition coefficient (Wildman–Crippen LogP) is 1.17. The van der Waals surface area contributed by atoms with E-state index in [1.165, 1.54) is 18.3 Å². The third-order valence-electron chi connectivity index (χ3n) is 3.98. The molecule has 0 saturated carbocycles. The summed E-state index contributed by atoms with van der Waals surface area (Å²) in [6, 6.07) is 10.6. The molecule has 1 atom stereocenters. The normalized spacial score (nSPS) is 17.8. The van der Waals surface area contributed by atoms with Crippen molar-refractivity contribution in [1.82, 2.24) is 15.2 Å². The first-order chi connectivity index (χ1) is 11.2. The zero-order chi connectivity index (χ0) is 16.2. The Balaban J connectivity index is 1.74. The van der Waals surface area contributed by atoms with Crippen LogP contribution in [-0.2, 0) is 0 Å². The number of nitrogens with zero attached hydrogens (tertiary/aromatic N) is 1. The molecule has 2 heterocycles. The lowest BCUT2D eigenvalue weighted by Crippen LogP contribution is -2.48. The van der Waals surface area contributed by atoms with Crippen LogP contribution in [-0.4, -0.2) is 42.5 Å². The maximum atomic E-state index is 12.5. The van der Waals surface area contributed by atoms with Crippen molar-refractivity contribution in [2.75, 3.05) is 26.7 Å². The second kappa shape index (κ2) is 6.66. The van der Waals surface area contributed by atoms with Gasteiger partial charge >= 0.3 is 0 Å². The molecule has 0 bridgehead atoms. The highest BCUT2D eigenvalue weighted by atomic mass is 16.5. The number of ether oxygens (including phenoxy) is 1. The number of piperazine rings is 1. The standard InChI is InChI=1S/C17H19N3O3/c1-23-14-4-2-12(3-5-14)16-11-20(9-8-19-16)17(22)15-10-13(21)6-7-18-15/h2-7,10,16,19H,8-9,11H2,1H3,(H,18,21). The van der Waals surface area contributed by atoms with Crippen LogP contribution in [0.15, 0.2) is 47.4 Å². The zero-order valence-electron chi connectivity index (χ0n) is 12.9. The van der Waals surface area contributed by atoms with E-state index in [4.69, 9.17) is 4.74 Å². The number of hydrogen-bond acceptors (Lipinski definition) is 4. The van der Waals surface area contributed by atoms with Crippen molar-refractivity contribution < 1.29 is 9.53 Å². The smallest absolute Gasteiger partial charge is 0.270 e. The molecule has 1 aliphatic heterocycles. The van der Waals surface area contributed by atoms with Gasteiger partial charge in [-0.2, -0.15) is 0 Å².